The predicted molar refractivity (Wildman–Crippen MR) is 78.4 cm³/mol. The Morgan fingerprint density at radius 3 is 3.06 bits per heavy atom. The molecule has 1 aliphatic rings. The van der Waals surface area contributed by atoms with Crippen molar-refractivity contribution in [1.82, 2.24) is 9.27 Å². The number of piperidine rings is 1. The van der Waals surface area contributed by atoms with Crippen LogP contribution in [0.15, 0.2) is 24.3 Å². The lowest BCUT2D eigenvalue weighted by atomic mass is 9.99. The zero-order valence-electron chi connectivity index (χ0n) is 10.9. The molecule has 2 aromatic rings. The minimum absolute atomic E-state index is 0.583. The van der Waals surface area contributed by atoms with E-state index in [4.69, 9.17) is 0 Å². The summed E-state index contributed by atoms with van der Waals surface area (Å²) in [5.41, 5.74) is 1.10. The van der Waals surface area contributed by atoms with Crippen molar-refractivity contribution in [2.24, 2.45) is 0 Å². The number of benzene rings is 1. The number of anilines is 1. The fourth-order valence-corrected chi connectivity index (χ4v) is 3.44. The second kappa shape index (κ2) is 4.86. The maximum Gasteiger partial charge on any atom is 0.117 e. The molecule has 1 saturated heterocycles. The molecule has 0 saturated carbocycles. The highest BCUT2D eigenvalue weighted by Gasteiger charge is 2.23. The van der Waals surface area contributed by atoms with Gasteiger partial charge in [-0.3, -0.25) is 0 Å². The third-order valence-electron chi connectivity index (χ3n) is 3.93. The Kier molecular flexibility index (Phi) is 3.22. The average Bonchev–Trinajstić information content (AvgIpc) is 2.78. The van der Waals surface area contributed by atoms with Crippen LogP contribution < -0.4 is 5.32 Å². The highest BCUT2D eigenvalue weighted by molar-refractivity contribution is 7.11. The van der Waals surface area contributed by atoms with E-state index < -0.39 is 0 Å². The van der Waals surface area contributed by atoms with Gasteiger partial charge in [0.1, 0.15) is 5.00 Å². The molecule has 1 N–H and O–H groups in total. The number of nitrogens with zero attached hydrogens (tertiary/aromatic N) is 2. The SMILES string of the molecule is CC1CC(Nc2snc3ccccc23)CCN1C. The number of likely N-dealkylation sites (tertiary alicyclic amines) is 1. The summed E-state index contributed by atoms with van der Waals surface area (Å²) < 4.78 is 4.49. The number of fused-ring (bicyclic) bond motifs is 1. The maximum absolute atomic E-state index is 4.49. The van der Waals surface area contributed by atoms with Crippen molar-refractivity contribution >= 4 is 27.4 Å². The molecule has 2 atom stereocenters. The van der Waals surface area contributed by atoms with E-state index in [1.54, 1.807) is 11.5 Å². The van der Waals surface area contributed by atoms with Crippen LogP contribution in [0.4, 0.5) is 5.00 Å². The van der Waals surface area contributed by atoms with Gasteiger partial charge in [-0.1, -0.05) is 12.1 Å². The van der Waals surface area contributed by atoms with Crippen LogP contribution in [0.1, 0.15) is 19.8 Å². The van der Waals surface area contributed by atoms with Crippen LogP contribution in [0.5, 0.6) is 0 Å². The van der Waals surface area contributed by atoms with Crippen LogP contribution in [0.2, 0.25) is 0 Å². The van der Waals surface area contributed by atoms with E-state index in [9.17, 15) is 0 Å². The Balaban J connectivity index is 1.76. The Morgan fingerprint density at radius 2 is 2.22 bits per heavy atom. The van der Waals surface area contributed by atoms with Crippen molar-refractivity contribution in [3.8, 4) is 0 Å². The van der Waals surface area contributed by atoms with Crippen LogP contribution in [0.3, 0.4) is 0 Å². The molecule has 1 aromatic carbocycles. The fraction of sp³-hybridized carbons (Fsp3) is 0.500. The lowest BCUT2D eigenvalue weighted by molar-refractivity contribution is 0.190. The highest BCUT2D eigenvalue weighted by atomic mass is 32.1. The second-order valence-electron chi connectivity index (χ2n) is 5.22. The van der Waals surface area contributed by atoms with Gasteiger partial charge >= 0.3 is 0 Å². The summed E-state index contributed by atoms with van der Waals surface area (Å²) in [5.74, 6) is 0. The number of hydrogen-bond acceptors (Lipinski definition) is 4. The molecule has 18 heavy (non-hydrogen) atoms. The minimum Gasteiger partial charge on any atom is -0.372 e. The van der Waals surface area contributed by atoms with Gasteiger partial charge in [0.25, 0.3) is 0 Å². The first kappa shape index (κ1) is 11.9. The van der Waals surface area contributed by atoms with Gasteiger partial charge in [0.2, 0.25) is 0 Å². The van der Waals surface area contributed by atoms with E-state index in [1.807, 2.05) is 6.07 Å². The average molecular weight is 261 g/mol. The van der Waals surface area contributed by atoms with Gasteiger partial charge in [0.15, 0.2) is 0 Å². The van der Waals surface area contributed by atoms with Gasteiger partial charge in [-0.05, 0) is 50.5 Å². The quantitative estimate of drug-likeness (QED) is 0.900. The molecule has 0 bridgehead atoms. The maximum atomic E-state index is 4.49. The Hall–Kier alpha value is -1.13. The molecule has 4 heteroatoms. The van der Waals surface area contributed by atoms with Crippen LogP contribution in [-0.4, -0.2) is 34.9 Å². The first-order valence-electron chi connectivity index (χ1n) is 6.55. The molecule has 1 aromatic heterocycles. The zero-order valence-corrected chi connectivity index (χ0v) is 11.7. The fourth-order valence-electron chi connectivity index (χ4n) is 2.60. The topological polar surface area (TPSA) is 28.2 Å². The van der Waals surface area contributed by atoms with Crippen LogP contribution in [0, 0.1) is 0 Å². The summed E-state index contributed by atoms with van der Waals surface area (Å²) in [6.45, 7) is 3.48. The molecule has 3 nitrogen and oxygen atoms in total. The Bertz CT molecular complexity index is 537. The molecule has 2 heterocycles. The molecular formula is C14H19N3S. The molecule has 0 radical (unpaired) electrons. The van der Waals surface area contributed by atoms with E-state index in [-0.39, 0.29) is 0 Å². The molecule has 0 spiro atoms. The Morgan fingerprint density at radius 1 is 1.39 bits per heavy atom. The molecular weight excluding hydrogens is 242 g/mol. The first-order valence-corrected chi connectivity index (χ1v) is 7.32. The summed E-state index contributed by atoms with van der Waals surface area (Å²) in [7, 11) is 2.21. The van der Waals surface area contributed by atoms with E-state index in [0.29, 0.717) is 12.1 Å². The number of aromatic nitrogens is 1. The predicted octanol–water partition coefficient (Wildman–Crippen LogP) is 3.19. The smallest absolute Gasteiger partial charge is 0.117 e. The third kappa shape index (κ3) is 2.22. The van der Waals surface area contributed by atoms with E-state index in [1.165, 1.54) is 29.8 Å². The number of hydrogen-bond donors (Lipinski definition) is 1. The lowest BCUT2D eigenvalue weighted by Crippen LogP contribution is -2.42. The summed E-state index contributed by atoms with van der Waals surface area (Å²) in [5, 5.41) is 6.17. The van der Waals surface area contributed by atoms with Gasteiger partial charge in [-0.15, -0.1) is 0 Å². The van der Waals surface area contributed by atoms with E-state index in [2.05, 4.69) is 46.8 Å². The third-order valence-corrected chi connectivity index (χ3v) is 4.74. The van der Waals surface area contributed by atoms with Crippen molar-refractivity contribution in [2.75, 3.05) is 18.9 Å². The van der Waals surface area contributed by atoms with Gasteiger partial charge in [-0.2, -0.15) is 4.37 Å². The minimum atomic E-state index is 0.583. The summed E-state index contributed by atoms with van der Waals surface area (Å²) >= 11 is 1.58. The normalized spacial score (nSPS) is 25.4. The molecule has 96 valence electrons. The number of nitrogens with one attached hydrogen (secondary N) is 1. The monoisotopic (exact) mass is 261 g/mol. The summed E-state index contributed by atoms with van der Waals surface area (Å²) in [4.78, 5) is 2.43. The van der Waals surface area contributed by atoms with E-state index in [0.717, 1.165) is 5.52 Å². The molecule has 2 unspecified atom stereocenters. The highest BCUT2D eigenvalue weighted by Crippen LogP contribution is 2.29. The van der Waals surface area contributed by atoms with Gasteiger partial charge < -0.3 is 10.2 Å². The molecule has 3 rings (SSSR count). The zero-order chi connectivity index (χ0) is 12.5. The van der Waals surface area contributed by atoms with Crippen molar-refractivity contribution in [3.05, 3.63) is 24.3 Å². The first-order chi connectivity index (χ1) is 8.74. The lowest BCUT2D eigenvalue weighted by Gasteiger charge is -2.35. The molecule has 1 aliphatic heterocycles. The largest absolute Gasteiger partial charge is 0.372 e. The van der Waals surface area contributed by atoms with Gasteiger partial charge in [-0.25, -0.2) is 0 Å². The molecule has 0 aliphatic carbocycles. The Labute approximate surface area is 112 Å². The van der Waals surface area contributed by atoms with Crippen LogP contribution >= 0.6 is 11.5 Å². The molecule has 0 amide bonds. The molecule has 1 fully saturated rings. The van der Waals surface area contributed by atoms with Crippen molar-refractivity contribution in [1.29, 1.82) is 0 Å². The summed E-state index contributed by atoms with van der Waals surface area (Å²) in [6.07, 6.45) is 2.43. The van der Waals surface area contributed by atoms with Crippen molar-refractivity contribution in [3.63, 3.8) is 0 Å². The second-order valence-corrected chi connectivity index (χ2v) is 6.00. The van der Waals surface area contributed by atoms with Crippen molar-refractivity contribution < 1.29 is 0 Å². The van der Waals surface area contributed by atoms with E-state index >= 15 is 0 Å². The van der Waals surface area contributed by atoms with Crippen molar-refractivity contribution in [2.45, 2.75) is 31.8 Å². The van der Waals surface area contributed by atoms with Crippen LogP contribution in [-0.2, 0) is 0 Å². The standard InChI is InChI=1S/C14H19N3S/c1-10-9-11(7-8-17(10)2)15-14-12-5-3-4-6-13(12)16-18-14/h3-6,10-11,15H,7-9H2,1-2H3. The number of rotatable bonds is 2. The van der Waals surface area contributed by atoms with Gasteiger partial charge in [0, 0.05) is 24.0 Å². The summed E-state index contributed by atoms with van der Waals surface area (Å²) in [6, 6.07) is 9.60. The van der Waals surface area contributed by atoms with Crippen LogP contribution in [0.25, 0.3) is 10.9 Å². The van der Waals surface area contributed by atoms with Gasteiger partial charge in [0.05, 0.1) is 5.52 Å².